The molecule has 2 N–H and O–H groups in total. The van der Waals surface area contributed by atoms with Crippen LogP contribution in [0.25, 0.3) is 0 Å². The van der Waals surface area contributed by atoms with Gasteiger partial charge in [0.25, 0.3) is 0 Å². The number of rotatable bonds is 9. The van der Waals surface area contributed by atoms with Crippen molar-refractivity contribution >= 4 is 15.9 Å². The molecular weight excluding hydrogens is 314 g/mol. The van der Waals surface area contributed by atoms with Crippen molar-refractivity contribution in [3.8, 4) is 5.75 Å². The fourth-order valence-electron chi connectivity index (χ4n) is 1.46. The number of nitrogens with one attached hydrogen (secondary N) is 1. The first-order valence-electron chi connectivity index (χ1n) is 6.00. The third-order valence-electron chi connectivity index (χ3n) is 2.47. The summed E-state index contributed by atoms with van der Waals surface area (Å²) in [5.74, 6) is 0.644. The van der Waals surface area contributed by atoms with Gasteiger partial charge >= 0.3 is 0 Å². The van der Waals surface area contributed by atoms with E-state index >= 15 is 0 Å². The average Bonchev–Trinajstić information content (AvgIpc) is 2.40. The zero-order chi connectivity index (χ0) is 14.1. The van der Waals surface area contributed by atoms with Crippen LogP contribution >= 0.6 is 15.9 Å². The van der Waals surface area contributed by atoms with E-state index in [1.807, 2.05) is 12.1 Å². The highest BCUT2D eigenvalue weighted by Gasteiger charge is 2.10. The number of benzene rings is 1. The van der Waals surface area contributed by atoms with Crippen molar-refractivity contribution in [1.82, 2.24) is 5.32 Å². The van der Waals surface area contributed by atoms with E-state index in [1.54, 1.807) is 20.2 Å². The van der Waals surface area contributed by atoms with Crippen molar-refractivity contribution in [3.05, 3.63) is 28.2 Å². The van der Waals surface area contributed by atoms with E-state index in [0.717, 1.165) is 10.0 Å². The van der Waals surface area contributed by atoms with Gasteiger partial charge < -0.3 is 24.6 Å². The number of halogens is 1. The number of likely N-dealkylation sites (N-methyl/N-ethyl adjacent to an activating group) is 1. The van der Waals surface area contributed by atoms with Gasteiger partial charge in [-0.3, -0.25) is 0 Å². The van der Waals surface area contributed by atoms with Gasteiger partial charge in [0.1, 0.15) is 5.75 Å². The Kier molecular flexibility index (Phi) is 8.00. The molecule has 0 amide bonds. The lowest BCUT2D eigenvalue weighted by atomic mass is 10.1. The van der Waals surface area contributed by atoms with E-state index < -0.39 is 6.10 Å². The summed E-state index contributed by atoms with van der Waals surface area (Å²) in [7, 11) is 3.41. The smallest absolute Gasteiger partial charge is 0.189 e. The van der Waals surface area contributed by atoms with Gasteiger partial charge in [0, 0.05) is 13.7 Å². The fourth-order valence-corrected chi connectivity index (χ4v) is 1.82. The van der Waals surface area contributed by atoms with Crippen molar-refractivity contribution in [2.24, 2.45) is 0 Å². The quantitative estimate of drug-likeness (QED) is 0.532. The highest BCUT2D eigenvalue weighted by atomic mass is 79.9. The van der Waals surface area contributed by atoms with Crippen LogP contribution in [0.15, 0.2) is 22.7 Å². The minimum absolute atomic E-state index is 0.146. The van der Waals surface area contributed by atoms with Crippen LogP contribution in [0.3, 0.4) is 0 Å². The van der Waals surface area contributed by atoms with Crippen LogP contribution in [0, 0.1) is 0 Å². The normalized spacial score (nSPS) is 12.4. The van der Waals surface area contributed by atoms with Crippen molar-refractivity contribution in [2.75, 3.05) is 40.7 Å². The van der Waals surface area contributed by atoms with Gasteiger partial charge in [-0.2, -0.15) is 0 Å². The SMILES string of the molecule is CNC[C@H](O)c1ccc(Br)c(OCOCCOC)c1. The average molecular weight is 334 g/mol. The number of hydrogen-bond donors (Lipinski definition) is 2. The highest BCUT2D eigenvalue weighted by Crippen LogP contribution is 2.28. The van der Waals surface area contributed by atoms with Gasteiger partial charge in [-0.25, -0.2) is 0 Å². The molecule has 0 fully saturated rings. The molecule has 0 radical (unpaired) electrons. The van der Waals surface area contributed by atoms with Gasteiger partial charge in [-0.05, 0) is 40.7 Å². The predicted molar refractivity (Wildman–Crippen MR) is 76.4 cm³/mol. The molecule has 0 aliphatic rings. The van der Waals surface area contributed by atoms with Gasteiger partial charge in [0.2, 0.25) is 0 Å². The minimum atomic E-state index is -0.560. The van der Waals surface area contributed by atoms with E-state index in [1.165, 1.54) is 0 Å². The maximum atomic E-state index is 9.90. The molecule has 0 heterocycles. The molecular formula is C13H20BrNO4. The van der Waals surface area contributed by atoms with Crippen molar-refractivity contribution in [1.29, 1.82) is 0 Å². The van der Waals surface area contributed by atoms with Crippen molar-refractivity contribution in [2.45, 2.75) is 6.10 Å². The first-order valence-corrected chi connectivity index (χ1v) is 6.80. The lowest BCUT2D eigenvalue weighted by Crippen LogP contribution is -2.16. The topological polar surface area (TPSA) is 60.0 Å². The van der Waals surface area contributed by atoms with Crippen LogP contribution < -0.4 is 10.1 Å². The first-order chi connectivity index (χ1) is 9.19. The number of methoxy groups -OCH3 is 1. The molecule has 1 aromatic rings. The molecule has 5 nitrogen and oxygen atoms in total. The Morgan fingerprint density at radius 2 is 2.16 bits per heavy atom. The molecule has 19 heavy (non-hydrogen) atoms. The number of ether oxygens (including phenoxy) is 3. The summed E-state index contributed by atoms with van der Waals surface area (Å²) >= 11 is 3.40. The van der Waals surface area contributed by atoms with Crippen LogP contribution in [-0.4, -0.2) is 45.8 Å². The summed E-state index contributed by atoms with van der Waals surface area (Å²) < 4.78 is 16.4. The van der Waals surface area contributed by atoms with E-state index in [2.05, 4.69) is 21.2 Å². The molecule has 1 rings (SSSR count). The Balaban J connectivity index is 2.54. The largest absolute Gasteiger partial charge is 0.466 e. The second-order valence-corrected chi connectivity index (χ2v) is 4.78. The molecule has 0 saturated carbocycles. The third kappa shape index (κ3) is 5.88. The van der Waals surface area contributed by atoms with E-state index in [0.29, 0.717) is 25.5 Å². The highest BCUT2D eigenvalue weighted by molar-refractivity contribution is 9.10. The minimum Gasteiger partial charge on any atom is -0.466 e. The Morgan fingerprint density at radius 1 is 1.37 bits per heavy atom. The Morgan fingerprint density at radius 3 is 2.84 bits per heavy atom. The first kappa shape index (κ1) is 16.4. The van der Waals surface area contributed by atoms with Crippen LogP contribution in [0.1, 0.15) is 11.7 Å². The summed E-state index contributed by atoms with van der Waals surface area (Å²) in [6, 6.07) is 5.50. The summed E-state index contributed by atoms with van der Waals surface area (Å²) in [5, 5.41) is 12.8. The summed E-state index contributed by atoms with van der Waals surface area (Å²) in [6.07, 6.45) is -0.560. The van der Waals surface area contributed by atoms with Crippen molar-refractivity contribution < 1.29 is 19.3 Å². The second kappa shape index (κ2) is 9.28. The van der Waals surface area contributed by atoms with E-state index in [4.69, 9.17) is 14.2 Å². The predicted octanol–water partition coefficient (Wildman–Crippen LogP) is 1.70. The molecule has 0 spiro atoms. The number of aliphatic hydroxyl groups excluding tert-OH is 1. The molecule has 1 atom stereocenters. The van der Waals surface area contributed by atoms with Crippen molar-refractivity contribution in [3.63, 3.8) is 0 Å². The molecule has 0 aromatic heterocycles. The van der Waals surface area contributed by atoms with Crippen LogP contribution in [-0.2, 0) is 9.47 Å². The third-order valence-corrected chi connectivity index (χ3v) is 3.12. The zero-order valence-electron chi connectivity index (χ0n) is 11.2. The van der Waals surface area contributed by atoms with Crippen LogP contribution in [0.5, 0.6) is 5.75 Å². The van der Waals surface area contributed by atoms with Gasteiger partial charge in [-0.1, -0.05) is 6.07 Å². The van der Waals surface area contributed by atoms with Crippen LogP contribution in [0.4, 0.5) is 0 Å². The standard InChI is InChI=1S/C13H20BrNO4/c1-15-8-12(16)10-3-4-11(14)13(7-10)19-9-18-6-5-17-2/h3-4,7,12,15-16H,5-6,8-9H2,1-2H3/t12-/m0/s1. The molecule has 0 aliphatic heterocycles. The molecule has 0 saturated heterocycles. The number of hydrogen-bond acceptors (Lipinski definition) is 5. The lowest BCUT2D eigenvalue weighted by molar-refractivity contribution is -0.00890. The van der Waals surface area contributed by atoms with Gasteiger partial charge in [0.15, 0.2) is 6.79 Å². The Bertz CT molecular complexity index is 376. The maximum Gasteiger partial charge on any atom is 0.189 e. The lowest BCUT2D eigenvalue weighted by Gasteiger charge is -2.14. The van der Waals surface area contributed by atoms with Gasteiger partial charge in [0.05, 0.1) is 23.8 Å². The summed E-state index contributed by atoms with van der Waals surface area (Å²) in [6.45, 7) is 1.65. The van der Waals surface area contributed by atoms with Crippen LogP contribution in [0.2, 0.25) is 0 Å². The molecule has 108 valence electrons. The monoisotopic (exact) mass is 333 g/mol. The molecule has 0 unspecified atom stereocenters. The number of aliphatic hydroxyl groups is 1. The molecule has 0 bridgehead atoms. The molecule has 0 aliphatic carbocycles. The summed E-state index contributed by atoms with van der Waals surface area (Å²) in [5.41, 5.74) is 0.796. The summed E-state index contributed by atoms with van der Waals surface area (Å²) in [4.78, 5) is 0. The van der Waals surface area contributed by atoms with E-state index in [-0.39, 0.29) is 6.79 Å². The molecule has 6 heteroatoms. The molecule has 1 aromatic carbocycles. The Hall–Kier alpha value is -0.660. The fraction of sp³-hybridized carbons (Fsp3) is 0.538. The van der Waals surface area contributed by atoms with Gasteiger partial charge in [-0.15, -0.1) is 0 Å². The second-order valence-electron chi connectivity index (χ2n) is 3.93. The maximum absolute atomic E-state index is 9.90. The van der Waals surface area contributed by atoms with E-state index in [9.17, 15) is 5.11 Å². The Labute approximate surface area is 122 Å². The zero-order valence-corrected chi connectivity index (χ0v) is 12.8.